The van der Waals surface area contributed by atoms with Crippen LogP contribution < -0.4 is 4.74 Å². The number of aliphatic carboxylic acids is 1. The van der Waals surface area contributed by atoms with Gasteiger partial charge in [0.15, 0.2) is 0 Å². The van der Waals surface area contributed by atoms with E-state index < -0.39 is 11.4 Å². The highest BCUT2D eigenvalue weighted by molar-refractivity contribution is 5.74. The fourth-order valence-corrected chi connectivity index (χ4v) is 2.65. The van der Waals surface area contributed by atoms with Crippen molar-refractivity contribution in [1.29, 1.82) is 0 Å². The highest BCUT2D eigenvalue weighted by Gasteiger charge is 2.40. The number of carboxylic acid groups (broad SMARTS) is 1. The van der Waals surface area contributed by atoms with Gasteiger partial charge in [-0.2, -0.15) is 0 Å². The average Bonchev–Trinajstić information content (AvgIpc) is 2.84. The molecular formula is C17H25NO3. The first kappa shape index (κ1) is 15.8. The lowest BCUT2D eigenvalue weighted by Gasteiger charge is -2.20. The summed E-state index contributed by atoms with van der Waals surface area (Å²) in [5, 5.41) is 9.25. The minimum absolute atomic E-state index is 0.594. The third-order valence-corrected chi connectivity index (χ3v) is 4.16. The third-order valence-electron chi connectivity index (χ3n) is 4.16. The van der Waals surface area contributed by atoms with Crippen LogP contribution in [0.15, 0.2) is 24.3 Å². The zero-order valence-electron chi connectivity index (χ0n) is 13.0. The van der Waals surface area contributed by atoms with E-state index in [1.165, 1.54) is 5.56 Å². The number of rotatable bonds is 7. The van der Waals surface area contributed by atoms with Crippen LogP contribution in [0, 0.1) is 5.41 Å². The molecule has 0 aromatic heterocycles. The molecule has 1 aliphatic rings. The summed E-state index contributed by atoms with van der Waals surface area (Å²) in [5.74, 6) is 0.216. The number of hydrogen-bond acceptors (Lipinski definition) is 3. The SMILES string of the molecule is CCCCOc1ccc(CN2CCC(C)(C(=O)O)C2)cc1. The first-order valence-corrected chi connectivity index (χ1v) is 7.71. The summed E-state index contributed by atoms with van der Waals surface area (Å²) >= 11 is 0. The Morgan fingerprint density at radius 3 is 2.67 bits per heavy atom. The first-order valence-electron chi connectivity index (χ1n) is 7.71. The van der Waals surface area contributed by atoms with Crippen LogP contribution in [0.3, 0.4) is 0 Å². The molecule has 0 aliphatic carbocycles. The van der Waals surface area contributed by atoms with Crippen LogP contribution in [-0.4, -0.2) is 35.7 Å². The molecule has 21 heavy (non-hydrogen) atoms. The Kier molecular flexibility index (Phi) is 5.23. The van der Waals surface area contributed by atoms with Gasteiger partial charge in [0.05, 0.1) is 12.0 Å². The van der Waals surface area contributed by atoms with E-state index in [1.54, 1.807) is 0 Å². The average molecular weight is 291 g/mol. The lowest BCUT2D eigenvalue weighted by atomic mass is 9.90. The number of likely N-dealkylation sites (tertiary alicyclic amines) is 1. The molecule has 0 spiro atoms. The van der Waals surface area contributed by atoms with Gasteiger partial charge in [0, 0.05) is 13.1 Å². The van der Waals surface area contributed by atoms with E-state index in [0.29, 0.717) is 6.54 Å². The fourth-order valence-electron chi connectivity index (χ4n) is 2.65. The summed E-state index contributed by atoms with van der Waals surface area (Å²) in [4.78, 5) is 13.5. The third kappa shape index (κ3) is 4.21. The van der Waals surface area contributed by atoms with Crippen LogP contribution in [-0.2, 0) is 11.3 Å². The van der Waals surface area contributed by atoms with E-state index in [-0.39, 0.29) is 0 Å². The Bertz CT molecular complexity index is 471. The second-order valence-electron chi connectivity index (χ2n) is 6.17. The monoisotopic (exact) mass is 291 g/mol. The van der Waals surface area contributed by atoms with Gasteiger partial charge in [-0.05, 0) is 44.0 Å². The van der Waals surface area contributed by atoms with Crippen molar-refractivity contribution >= 4 is 5.97 Å². The Labute approximate surface area is 126 Å². The Morgan fingerprint density at radius 1 is 1.38 bits per heavy atom. The van der Waals surface area contributed by atoms with E-state index in [9.17, 15) is 9.90 Å². The molecule has 1 unspecified atom stereocenters. The van der Waals surface area contributed by atoms with Gasteiger partial charge in [0.2, 0.25) is 0 Å². The Morgan fingerprint density at radius 2 is 2.10 bits per heavy atom. The number of carbonyl (C=O) groups is 1. The maximum Gasteiger partial charge on any atom is 0.310 e. The van der Waals surface area contributed by atoms with Crippen molar-refractivity contribution in [3.63, 3.8) is 0 Å². The maximum absolute atomic E-state index is 11.2. The molecule has 116 valence electrons. The summed E-state index contributed by atoms with van der Waals surface area (Å²) < 4.78 is 5.64. The van der Waals surface area contributed by atoms with Crippen LogP contribution in [0.1, 0.15) is 38.7 Å². The number of carboxylic acids is 1. The zero-order valence-corrected chi connectivity index (χ0v) is 13.0. The van der Waals surface area contributed by atoms with Gasteiger partial charge in [-0.3, -0.25) is 9.69 Å². The van der Waals surface area contributed by atoms with E-state index in [2.05, 4.69) is 24.0 Å². The summed E-state index contributed by atoms with van der Waals surface area (Å²) in [6.45, 7) is 7.01. The molecule has 1 aliphatic heterocycles. The van der Waals surface area contributed by atoms with Gasteiger partial charge in [-0.25, -0.2) is 0 Å². The molecule has 0 saturated carbocycles. The van der Waals surface area contributed by atoms with Crippen LogP contribution in [0.25, 0.3) is 0 Å². The smallest absolute Gasteiger partial charge is 0.310 e. The molecule has 1 saturated heterocycles. The molecule has 1 aromatic carbocycles. The minimum atomic E-state index is -0.690. The van der Waals surface area contributed by atoms with Crippen molar-refractivity contribution in [2.24, 2.45) is 5.41 Å². The minimum Gasteiger partial charge on any atom is -0.494 e. The van der Waals surface area contributed by atoms with Crippen molar-refractivity contribution in [3.8, 4) is 5.75 Å². The first-order chi connectivity index (χ1) is 10.0. The van der Waals surface area contributed by atoms with Gasteiger partial charge < -0.3 is 9.84 Å². The van der Waals surface area contributed by atoms with Gasteiger partial charge in [-0.15, -0.1) is 0 Å². The highest BCUT2D eigenvalue weighted by atomic mass is 16.5. The van der Waals surface area contributed by atoms with E-state index in [1.807, 2.05) is 19.1 Å². The molecule has 1 N–H and O–H groups in total. The van der Waals surface area contributed by atoms with Gasteiger partial charge in [-0.1, -0.05) is 25.5 Å². The van der Waals surface area contributed by atoms with Crippen molar-refractivity contribution in [2.45, 2.75) is 39.7 Å². The van der Waals surface area contributed by atoms with Crippen LogP contribution >= 0.6 is 0 Å². The predicted octanol–water partition coefficient (Wildman–Crippen LogP) is 3.16. The van der Waals surface area contributed by atoms with Crippen molar-refractivity contribution in [3.05, 3.63) is 29.8 Å². The van der Waals surface area contributed by atoms with Crippen molar-refractivity contribution in [2.75, 3.05) is 19.7 Å². The lowest BCUT2D eigenvalue weighted by molar-refractivity contribution is -0.147. The normalized spacial score (nSPS) is 22.4. The van der Waals surface area contributed by atoms with Crippen LogP contribution in [0.5, 0.6) is 5.75 Å². The predicted molar refractivity (Wildman–Crippen MR) is 82.5 cm³/mol. The molecule has 4 nitrogen and oxygen atoms in total. The quantitative estimate of drug-likeness (QED) is 0.784. The molecule has 1 atom stereocenters. The molecule has 0 radical (unpaired) electrons. The van der Waals surface area contributed by atoms with Crippen molar-refractivity contribution in [1.82, 2.24) is 4.90 Å². The fraction of sp³-hybridized carbons (Fsp3) is 0.588. The standard InChI is InChI=1S/C17H25NO3/c1-3-4-11-21-15-7-5-14(6-8-15)12-18-10-9-17(2,13-18)16(19)20/h5-8H,3-4,9-13H2,1-2H3,(H,19,20). The number of benzene rings is 1. The van der Waals surface area contributed by atoms with Crippen LogP contribution in [0.2, 0.25) is 0 Å². The maximum atomic E-state index is 11.2. The zero-order chi connectivity index (χ0) is 15.3. The largest absolute Gasteiger partial charge is 0.494 e. The Hall–Kier alpha value is -1.55. The van der Waals surface area contributed by atoms with E-state index in [0.717, 1.165) is 44.7 Å². The number of unbranched alkanes of at least 4 members (excludes halogenated alkanes) is 1. The molecule has 1 heterocycles. The molecule has 1 fully saturated rings. The number of nitrogens with zero attached hydrogens (tertiary/aromatic N) is 1. The molecule has 2 rings (SSSR count). The summed E-state index contributed by atoms with van der Waals surface area (Å²) in [6, 6.07) is 8.13. The topological polar surface area (TPSA) is 49.8 Å². The molecule has 4 heteroatoms. The Balaban J connectivity index is 1.85. The van der Waals surface area contributed by atoms with Crippen molar-refractivity contribution < 1.29 is 14.6 Å². The second kappa shape index (κ2) is 6.94. The summed E-state index contributed by atoms with van der Waals surface area (Å²) in [5.41, 5.74) is 0.607. The highest BCUT2D eigenvalue weighted by Crippen LogP contribution is 2.31. The molecule has 0 amide bonds. The molecule has 0 bridgehead atoms. The number of hydrogen-bond donors (Lipinski definition) is 1. The molecule has 1 aromatic rings. The summed E-state index contributed by atoms with van der Waals surface area (Å²) in [7, 11) is 0. The van der Waals surface area contributed by atoms with E-state index >= 15 is 0 Å². The van der Waals surface area contributed by atoms with Gasteiger partial charge in [0.25, 0.3) is 0 Å². The number of ether oxygens (including phenoxy) is 1. The molecular weight excluding hydrogens is 266 g/mol. The van der Waals surface area contributed by atoms with E-state index in [4.69, 9.17) is 4.74 Å². The van der Waals surface area contributed by atoms with Gasteiger partial charge >= 0.3 is 5.97 Å². The van der Waals surface area contributed by atoms with Crippen LogP contribution in [0.4, 0.5) is 0 Å². The second-order valence-corrected chi connectivity index (χ2v) is 6.17. The summed E-state index contributed by atoms with van der Waals surface area (Å²) in [6.07, 6.45) is 2.93. The van der Waals surface area contributed by atoms with Gasteiger partial charge in [0.1, 0.15) is 5.75 Å². The lowest BCUT2D eigenvalue weighted by Crippen LogP contribution is -2.31.